The Balaban J connectivity index is 1.35. The van der Waals surface area contributed by atoms with Gasteiger partial charge in [-0.3, -0.25) is 10.00 Å². The number of methoxy groups -OCH3 is 1. The van der Waals surface area contributed by atoms with Gasteiger partial charge >= 0.3 is 0 Å². The molecule has 1 saturated heterocycles. The summed E-state index contributed by atoms with van der Waals surface area (Å²) in [6.45, 7) is 9.30. The lowest BCUT2D eigenvalue weighted by atomic mass is 10.2. The van der Waals surface area contributed by atoms with Crippen LogP contribution < -0.4 is 15.0 Å². The summed E-state index contributed by atoms with van der Waals surface area (Å²) >= 11 is 0. The third-order valence-corrected chi connectivity index (χ3v) is 4.48. The smallest absolute Gasteiger partial charge is 0.119 e. The molecule has 0 aliphatic carbocycles. The van der Waals surface area contributed by atoms with E-state index < -0.39 is 0 Å². The van der Waals surface area contributed by atoms with Crippen LogP contribution in [-0.2, 0) is 6.54 Å². The van der Waals surface area contributed by atoms with Crippen molar-refractivity contribution in [2.45, 2.75) is 13.5 Å². The second kappa shape index (κ2) is 8.17. The Morgan fingerprint density at radius 2 is 1.92 bits per heavy atom. The summed E-state index contributed by atoms with van der Waals surface area (Å²) in [6, 6.07) is 10.4. The van der Waals surface area contributed by atoms with Gasteiger partial charge in [-0.25, -0.2) is 0 Å². The van der Waals surface area contributed by atoms with Gasteiger partial charge in [0, 0.05) is 57.2 Å². The van der Waals surface area contributed by atoms with Crippen LogP contribution >= 0.6 is 0 Å². The highest BCUT2D eigenvalue weighted by Crippen LogP contribution is 2.20. The van der Waals surface area contributed by atoms with E-state index in [9.17, 15) is 0 Å². The zero-order valence-electron chi connectivity index (χ0n) is 14.6. The Hall–Kier alpha value is -2.05. The molecule has 2 aromatic rings. The number of nitrogens with zero attached hydrogens (tertiary/aromatic N) is 3. The fourth-order valence-corrected chi connectivity index (χ4v) is 3.04. The van der Waals surface area contributed by atoms with Gasteiger partial charge in [0.05, 0.1) is 12.8 Å². The van der Waals surface area contributed by atoms with Crippen LogP contribution in [-0.4, -0.2) is 61.5 Å². The molecule has 1 aromatic heterocycles. The monoisotopic (exact) mass is 329 g/mol. The predicted molar refractivity (Wildman–Crippen MR) is 96.7 cm³/mol. The first-order valence-corrected chi connectivity index (χ1v) is 8.57. The van der Waals surface area contributed by atoms with Crippen molar-refractivity contribution in [1.82, 2.24) is 20.4 Å². The Bertz CT molecular complexity index is 617. The number of hydrogen-bond donors (Lipinski definition) is 2. The van der Waals surface area contributed by atoms with Crippen LogP contribution in [0.2, 0.25) is 0 Å². The zero-order chi connectivity index (χ0) is 16.8. The van der Waals surface area contributed by atoms with Gasteiger partial charge in [0.2, 0.25) is 0 Å². The zero-order valence-corrected chi connectivity index (χ0v) is 14.6. The molecule has 24 heavy (non-hydrogen) atoms. The van der Waals surface area contributed by atoms with Gasteiger partial charge in [-0.2, -0.15) is 5.10 Å². The molecule has 0 radical (unpaired) electrons. The number of piperazine rings is 1. The summed E-state index contributed by atoms with van der Waals surface area (Å²) in [5.74, 6) is 0.913. The van der Waals surface area contributed by atoms with E-state index in [4.69, 9.17) is 4.74 Å². The van der Waals surface area contributed by atoms with Crippen LogP contribution in [0.1, 0.15) is 11.4 Å². The van der Waals surface area contributed by atoms with E-state index in [1.54, 1.807) is 7.11 Å². The minimum absolute atomic E-state index is 0.830. The Morgan fingerprint density at radius 1 is 1.17 bits per heavy atom. The number of benzene rings is 1. The van der Waals surface area contributed by atoms with Crippen molar-refractivity contribution in [2.75, 3.05) is 51.3 Å². The van der Waals surface area contributed by atoms with Crippen LogP contribution in [0.4, 0.5) is 5.69 Å². The van der Waals surface area contributed by atoms with Gasteiger partial charge in [0.15, 0.2) is 0 Å². The number of rotatable bonds is 7. The molecule has 0 bridgehead atoms. The molecule has 130 valence electrons. The summed E-state index contributed by atoms with van der Waals surface area (Å²) in [5, 5.41) is 10.7. The Labute approximate surface area is 143 Å². The molecule has 0 spiro atoms. The normalized spacial score (nSPS) is 15.7. The molecule has 6 nitrogen and oxygen atoms in total. The van der Waals surface area contributed by atoms with E-state index >= 15 is 0 Å². The number of ether oxygens (including phenoxy) is 1. The quantitative estimate of drug-likeness (QED) is 0.757. The van der Waals surface area contributed by atoms with Crippen LogP contribution in [0.15, 0.2) is 30.3 Å². The summed E-state index contributed by atoms with van der Waals surface area (Å²) < 4.78 is 5.22. The van der Waals surface area contributed by atoms with E-state index in [1.165, 1.54) is 5.69 Å². The number of H-pyrrole nitrogens is 1. The predicted octanol–water partition coefficient (Wildman–Crippen LogP) is 1.64. The van der Waals surface area contributed by atoms with E-state index in [0.717, 1.165) is 63.0 Å². The molecule has 3 rings (SSSR count). The molecule has 6 heteroatoms. The second-order valence-electron chi connectivity index (χ2n) is 6.25. The highest BCUT2D eigenvalue weighted by Gasteiger charge is 2.16. The van der Waals surface area contributed by atoms with E-state index in [-0.39, 0.29) is 0 Å². The maximum absolute atomic E-state index is 5.22. The van der Waals surface area contributed by atoms with Gasteiger partial charge in [-0.1, -0.05) is 0 Å². The fourth-order valence-electron chi connectivity index (χ4n) is 3.04. The molecule has 0 amide bonds. The van der Waals surface area contributed by atoms with E-state index in [2.05, 4.69) is 43.5 Å². The van der Waals surface area contributed by atoms with Gasteiger partial charge in [-0.15, -0.1) is 0 Å². The van der Waals surface area contributed by atoms with Crippen molar-refractivity contribution < 1.29 is 4.74 Å². The average molecular weight is 329 g/mol. The van der Waals surface area contributed by atoms with Crippen LogP contribution in [0, 0.1) is 6.92 Å². The first-order chi connectivity index (χ1) is 11.7. The van der Waals surface area contributed by atoms with Gasteiger partial charge in [0.1, 0.15) is 5.75 Å². The molecular weight excluding hydrogens is 302 g/mol. The minimum atomic E-state index is 0.830. The average Bonchev–Trinajstić information content (AvgIpc) is 3.05. The third kappa shape index (κ3) is 4.49. The number of anilines is 1. The van der Waals surface area contributed by atoms with Gasteiger partial charge in [0.25, 0.3) is 0 Å². The van der Waals surface area contributed by atoms with Crippen molar-refractivity contribution in [3.63, 3.8) is 0 Å². The number of aryl methyl sites for hydroxylation is 1. The highest BCUT2D eigenvalue weighted by molar-refractivity contribution is 5.49. The molecule has 0 atom stereocenters. The number of aromatic nitrogens is 2. The van der Waals surface area contributed by atoms with Gasteiger partial charge in [-0.05, 0) is 37.3 Å². The topological polar surface area (TPSA) is 56.4 Å². The molecule has 2 heterocycles. The largest absolute Gasteiger partial charge is 0.497 e. The van der Waals surface area contributed by atoms with Crippen molar-refractivity contribution in [3.05, 3.63) is 41.7 Å². The lowest BCUT2D eigenvalue weighted by Crippen LogP contribution is -2.48. The lowest BCUT2D eigenvalue weighted by molar-refractivity contribution is 0.257. The summed E-state index contributed by atoms with van der Waals surface area (Å²) in [6.07, 6.45) is 0. The summed E-state index contributed by atoms with van der Waals surface area (Å²) in [7, 11) is 1.70. The third-order valence-electron chi connectivity index (χ3n) is 4.48. The highest BCUT2D eigenvalue weighted by atomic mass is 16.5. The maximum Gasteiger partial charge on any atom is 0.119 e. The van der Waals surface area contributed by atoms with Crippen LogP contribution in [0.25, 0.3) is 0 Å². The number of nitrogens with one attached hydrogen (secondary N) is 2. The number of aromatic amines is 1. The van der Waals surface area contributed by atoms with Gasteiger partial charge < -0.3 is 15.0 Å². The molecule has 0 unspecified atom stereocenters. The molecule has 1 fully saturated rings. The standard InChI is InChI=1S/C18H27N5O/c1-15-13-16(21-20-15)14-19-7-8-22-9-11-23(12-10-22)17-3-5-18(24-2)6-4-17/h3-6,13,19H,7-12,14H2,1-2H3,(H,20,21). The van der Waals surface area contributed by atoms with E-state index in [0.29, 0.717) is 0 Å². The molecule has 0 saturated carbocycles. The van der Waals surface area contributed by atoms with E-state index in [1.807, 2.05) is 19.1 Å². The van der Waals surface area contributed by atoms with Crippen molar-refractivity contribution in [2.24, 2.45) is 0 Å². The molecule has 1 aliphatic rings. The van der Waals surface area contributed by atoms with Crippen molar-refractivity contribution in [3.8, 4) is 5.75 Å². The SMILES string of the molecule is COc1ccc(N2CCN(CCNCc3cc(C)[nH]n3)CC2)cc1. The van der Waals surface area contributed by atoms with Crippen LogP contribution in [0.5, 0.6) is 5.75 Å². The summed E-state index contributed by atoms with van der Waals surface area (Å²) in [5.41, 5.74) is 3.47. The maximum atomic E-state index is 5.22. The first-order valence-electron chi connectivity index (χ1n) is 8.57. The van der Waals surface area contributed by atoms with Crippen molar-refractivity contribution >= 4 is 5.69 Å². The second-order valence-corrected chi connectivity index (χ2v) is 6.25. The number of hydrogen-bond acceptors (Lipinski definition) is 5. The molecule has 2 N–H and O–H groups in total. The first kappa shape index (κ1) is 16.8. The molecular formula is C18H27N5O. The Morgan fingerprint density at radius 3 is 2.54 bits per heavy atom. The molecule has 1 aliphatic heterocycles. The minimum Gasteiger partial charge on any atom is -0.497 e. The van der Waals surface area contributed by atoms with Crippen LogP contribution in [0.3, 0.4) is 0 Å². The Kier molecular flexibility index (Phi) is 5.72. The molecule has 1 aromatic carbocycles. The van der Waals surface area contributed by atoms with Crippen molar-refractivity contribution in [1.29, 1.82) is 0 Å². The lowest BCUT2D eigenvalue weighted by Gasteiger charge is -2.36. The summed E-state index contributed by atoms with van der Waals surface area (Å²) in [4.78, 5) is 4.96. The fraction of sp³-hybridized carbons (Fsp3) is 0.500.